The lowest BCUT2D eigenvalue weighted by Gasteiger charge is -1.95. The Kier molecular flexibility index (Phi) is 2.62. The molecule has 1 aromatic heterocycles. The van der Waals surface area contributed by atoms with Crippen molar-refractivity contribution in [1.82, 2.24) is 4.98 Å². The third-order valence-corrected chi connectivity index (χ3v) is 2.43. The molecule has 1 rings (SSSR count). The van der Waals surface area contributed by atoms with Crippen molar-refractivity contribution in [3.8, 4) is 0 Å². The number of carbonyl (C=O) groups excluding carboxylic acids is 1. The Morgan fingerprint density at radius 1 is 1.73 bits per heavy atom. The lowest BCUT2D eigenvalue weighted by Crippen LogP contribution is -1.90. The molecule has 0 aliphatic rings. The number of rotatable bonds is 2. The first-order chi connectivity index (χ1) is 5.11. The van der Waals surface area contributed by atoms with Crippen molar-refractivity contribution in [2.45, 2.75) is 19.8 Å². The van der Waals surface area contributed by atoms with Gasteiger partial charge >= 0.3 is 0 Å². The molecule has 0 unspecified atom stereocenters. The molecule has 0 atom stereocenters. The van der Waals surface area contributed by atoms with Gasteiger partial charge in [0.1, 0.15) is 0 Å². The Morgan fingerprint density at radius 3 is 2.64 bits per heavy atom. The van der Waals surface area contributed by atoms with Gasteiger partial charge in [-0.05, 0) is 17.5 Å². The van der Waals surface area contributed by atoms with E-state index >= 15 is 0 Å². The molecule has 0 bridgehead atoms. The highest BCUT2D eigenvalue weighted by molar-refractivity contribution is 7.13. The Bertz CT molecular complexity index is 269. The first-order valence-electron chi connectivity index (χ1n) is 3.26. The van der Waals surface area contributed by atoms with Crippen molar-refractivity contribution < 1.29 is 4.79 Å². The van der Waals surface area contributed by atoms with E-state index in [1.165, 1.54) is 11.3 Å². The Morgan fingerprint density at radius 2 is 2.36 bits per heavy atom. The minimum Gasteiger partial charge on any atom is -0.273 e. The molecule has 0 spiro atoms. The van der Waals surface area contributed by atoms with Gasteiger partial charge in [-0.1, -0.05) is 13.8 Å². The molecule has 2 nitrogen and oxygen atoms in total. The monoisotopic (exact) mass is 189 g/mol. The van der Waals surface area contributed by atoms with Crippen LogP contribution in [0.25, 0.3) is 0 Å². The third kappa shape index (κ3) is 2.01. The number of aromatic nitrogens is 1. The van der Waals surface area contributed by atoms with Crippen molar-refractivity contribution in [2.75, 3.05) is 0 Å². The zero-order chi connectivity index (χ0) is 8.43. The van der Waals surface area contributed by atoms with Gasteiger partial charge < -0.3 is 0 Å². The second-order valence-corrected chi connectivity index (χ2v) is 3.71. The lowest BCUT2D eigenvalue weighted by atomic mass is 10.2. The number of thiazole rings is 1. The predicted molar refractivity (Wildman–Crippen MR) is 46.4 cm³/mol. The van der Waals surface area contributed by atoms with Gasteiger partial charge in [0.25, 0.3) is 5.24 Å². The van der Waals surface area contributed by atoms with E-state index < -0.39 is 5.24 Å². The molecule has 0 aromatic carbocycles. The van der Waals surface area contributed by atoms with Crippen LogP contribution in [0.15, 0.2) is 5.38 Å². The molecule has 0 aliphatic heterocycles. The smallest absolute Gasteiger partial charge is 0.273 e. The van der Waals surface area contributed by atoms with Crippen LogP contribution in [0.2, 0.25) is 0 Å². The molecule has 0 radical (unpaired) electrons. The predicted octanol–water partition coefficient (Wildman–Crippen LogP) is 2.65. The molecule has 0 aliphatic carbocycles. The van der Waals surface area contributed by atoms with Crippen LogP contribution in [0.3, 0.4) is 0 Å². The second kappa shape index (κ2) is 3.32. The molecule has 11 heavy (non-hydrogen) atoms. The fraction of sp³-hybridized carbons (Fsp3) is 0.429. The van der Waals surface area contributed by atoms with Gasteiger partial charge in [0.2, 0.25) is 0 Å². The second-order valence-electron chi connectivity index (χ2n) is 2.51. The summed E-state index contributed by atoms with van der Waals surface area (Å²) in [6, 6.07) is 0. The summed E-state index contributed by atoms with van der Waals surface area (Å²) in [4.78, 5) is 14.6. The number of nitrogens with zero attached hydrogens (tertiary/aromatic N) is 1. The Labute approximate surface area is 74.2 Å². The van der Waals surface area contributed by atoms with E-state index in [-0.39, 0.29) is 0 Å². The van der Waals surface area contributed by atoms with Crippen molar-refractivity contribution in [1.29, 1.82) is 0 Å². The summed E-state index contributed by atoms with van der Waals surface area (Å²) in [5.74, 6) is 0.357. The normalized spacial score (nSPS) is 10.5. The number of carbonyl (C=O) groups is 1. The number of hydrogen-bond donors (Lipinski definition) is 0. The summed E-state index contributed by atoms with van der Waals surface area (Å²) in [5.41, 5.74) is 0.930. The average molecular weight is 190 g/mol. The molecular weight excluding hydrogens is 182 g/mol. The van der Waals surface area contributed by atoms with Crippen molar-refractivity contribution >= 4 is 28.2 Å². The van der Waals surface area contributed by atoms with Crippen LogP contribution in [-0.2, 0) is 0 Å². The quantitative estimate of drug-likeness (QED) is 0.670. The van der Waals surface area contributed by atoms with Crippen LogP contribution in [0.4, 0.5) is 0 Å². The fourth-order valence-corrected chi connectivity index (χ4v) is 1.63. The summed E-state index contributed by atoms with van der Waals surface area (Å²) in [5, 5.41) is 1.78. The molecule has 1 aromatic rings. The highest BCUT2D eigenvalue weighted by Crippen LogP contribution is 2.18. The van der Waals surface area contributed by atoms with E-state index in [9.17, 15) is 4.79 Å². The van der Waals surface area contributed by atoms with Gasteiger partial charge in [-0.15, -0.1) is 11.3 Å². The van der Waals surface area contributed by atoms with Crippen molar-refractivity contribution in [2.24, 2.45) is 0 Å². The maximum atomic E-state index is 10.6. The van der Waals surface area contributed by atoms with Crippen LogP contribution >= 0.6 is 22.9 Å². The van der Waals surface area contributed by atoms with Gasteiger partial charge in [0.15, 0.2) is 5.01 Å². The first kappa shape index (κ1) is 8.68. The largest absolute Gasteiger partial charge is 0.281 e. The lowest BCUT2D eigenvalue weighted by molar-refractivity contribution is 0.108. The summed E-state index contributed by atoms with van der Waals surface area (Å²) in [6.45, 7) is 4.05. The van der Waals surface area contributed by atoms with E-state index in [2.05, 4.69) is 4.98 Å². The van der Waals surface area contributed by atoms with E-state index in [1.807, 2.05) is 19.2 Å². The molecule has 0 fully saturated rings. The topological polar surface area (TPSA) is 30.0 Å². The zero-order valence-corrected chi connectivity index (χ0v) is 7.87. The van der Waals surface area contributed by atoms with E-state index in [0.717, 1.165) is 5.69 Å². The average Bonchev–Trinajstić information content (AvgIpc) is 2.33. The van der Waals surface area contributed by atoms with Gasteiger partial charge in [-0.3, -0.25) is 4.79 Å². The van der Waals surface area contributed by atoms with Gasteiger partial charge in [0.05, 0.1) is 5.69 Å². The molecular formula is C7H8ClNOS. The molecule has 0 saturated carbocycles. The third-order valence-electron chi connectivity index (χ3n) is 1.28. The van der Waals surface area contributed by atoms with Crippen LogP contribution in [0.1, 0.15) is 35.3 Å². The Hall–Kier alpha value is -0.410. The highest BCUT2D eigenvalue weighted by atomic mass is 35.5. The number of hydrogen-bond acceptors (Lipinski definition) is 3. The zero-order valence-electron chi connectivity index (χ0n) is 6.30. The van der Waals surface area contributed by atoms with Crippen molar-refractivity contribution in [3.05, 3.63) is 16.1 Å². The molecule has 60 valence electrons. The van der Waals surface area contributed by atoms with E-state index in [0.29, 0.717) is 10.9 Å². The standard InChI is InChI=1S/C7H8ClNOS/c1-4(2)5-3-11-7(9-5)6(8)10/h3-4H,1-2H3. The molecule has 1 heterocycles. The maximum Gasteiger partial charge on any atom is 0.281 e. The minimum atomic E-state index is -0.470. The molecule has 4 heteroatoms. The summed E-state index contributed by atoms with van der Waals surface area (Å²) < 4.78 is 0. The molecule has 0 saturated heterocycles. The van der Waals surface area contributed by atoms with Crippen molar-refractivity contribution in [3.63, 3.8) is 0 Å². The highest BCUT2D eigenvalue weighted by Gasteiger charge is 2.09. The Balaban J connectivity index is 2.90. The first-order valence-corrected chi connectivity index (χ1v) is 4.52. The molecule has 0 N–H and O–H groups in total. The SMILES string of the molecule is CC(C)c1csc(C(=O)Cl)n1. The van der Waals surface area contributed by atoms with Gasteiger partial charge in [-0.25, -0.2) is 4.98 Å². The van der Waals surface area contributed by atoms with Crippen LogP contribution in [-0.4, -0.2) is 10.2 Å². The van der Waals surface area contributed by atoms with Gasteiger partial charge in [-0.2, -0.15) is 0 Å². The fourth-order valence-electron chi connectivity index (χ4n) is 0.642. The minimum absolute atomic E-state index is 0.357. The summed E-state index contributed by atoms with van der Waals surface area (Å²) in [7, 11) is 0. The summed E-state index contributed by atoms with van der Waals surface area (Å²) in [6.07, 6.45) is 0. The summed E-state index contributed by atoms with van der Waals surface area (Å²) >= 11 is 6.52. The number of halogens is 1. The van der Waals surface area contributed by atoms with Gasteiger partial charge in [0, 0.05) is 5.38 Å². The van der Waals surface area contributed by atoms with Crippen LogP contribution in [0, 0.1) is 0 Å². The van der Waals surface area contributed by atoms with E-state index in [4.69, 9.17) is 11.6 Å². The molecule has 0 amide bonds. The van der Waals surface area contributed by atoms with Crippen LogP contribution < -0.4 is 0 Å². The maximum absolute atomic E-state index is 10.6. The van der Waals surface area contributed by atoms with Crippen LogP contribution in [0.5, 0.6) is 0 Å². The van der Waals surface area contributed by atoms with E-state index in [1.54, 1.807) is 0 Å².